The number of nitrogens with one attached hydrogen (secondary N) is 1. The van der Waals surface area contributed by atoms with E-state index in [9.17, 15) is 0 Å². The lowest BCUT2D eigenvalue weighted by atomic mass is 9.98. The third-order valence-corrected chi connectivity index (χ3v) is 11.6. The van der Waals surface area contributed by atoms with Gasteiger partial charge in [-0.1, -0.05) is 152 Å². The summed E-state index contributed by atoms with van der Waals surface area (Å²) in [5, 5.41) is 32.5. The first kappa shape index (κ1) is 42.0. The van der Waals surface area contributed by atoms with E-state index in [0.29, 0.717) is 54.6 Å². The number of hydrogen-bond donors (Lipinski definition) is 1. The van der Waals surface area contributed by atoms with Gasteiger partial charge in [0.2, 0.25) is 5.82 Å². The summed E-state index contributed by atoms with van der Waals surface area (Å²) in [4.78, 5) is 12.5. The van der Waals surface area contributed by atoms with Crippen LogP contribution < -0.4 is 0 Å². The molecule has 0 unspecified atom stereocenters. The Balaban J connectivity index is 1.06. The van der Waals surface area contributed by atoms with Gasteiger partial charge in [0.05, 0.1) is 17.9 Å². The summed E-state index contributed by atoms with van der Waals surface area (Å²) in [7, 11) is 0. The van der Waals surface area contributed by atoms with Gasteiger partial charge in [-0.15, -0.1) is 15.3 Å². The van der Waals surface area contributed by atoms with E-state index in [-0.39, 0.29) is 0 Å². The number of imidazole rings is 2. The molecule has 0 aliphatic heterocycles. The topological polar surface area (TPSA) is 182 Å². The number of azide groups is 1. The highest BCUT2D eigenvalue weighted by Gasteiger charge is 2.22. The predicted molar refractivity (Wildman–Crippen MR) is 240 cm³/mol. The summed E-state index contributed by atoms with van der Waals surface area (Å²) < 4.78 is 6.17. The molecule has 0 amide bonds. The number of H-pyrrole nitrogens is 1. The maximum Gasteiger partial charge on any atom is 0.205 e. The fraction of sp³-hybridized carbons (Fsp3) is 0.289. The van der Waals surface area contributed by atoms with Crippen molar-refractivity contribution in [1.29, 1.82) is 0 Å². The van der Waals surface area contributed by atoms with E-state index >= 15 is 0 Å². The number of hydrogen-bond acceptors (Lipinski definition) is 9. The highest BCUT2D eigenvalue weighted by Crippen LogP contribution is 2.33. The Morgan fingerprint density at radius 1 is 0.645 bits per heavy atom. The SMILES string of the molecule is CCCCc1nc(Cl)c(CCN=[N+]=[N-])n1Cc1ccc(-c2ccccc2-c2nnnn2Cc2c(Cl)nc(CCCC)n2Cc2ccc(-c3ccccc3-c3nn[nH]n3)cc2)cc1. The fourth-order valence-corrected chi connectivity index (χ4v) is 8.30. The summed E-state index contributed by atoms with van der Waals surface area (Å²) in [6, 6.07) is 33.2. The molecule has 1 N–H and O–H groups in total. The molecule has 15 nitrogen and oxygen atoms in total. The van der Waals surface area contributed by atoms with Crippen LogP contribution in [0.4, 0.5) is 0 Å². The molecule has 314 valence electrons. The molecule has 0 spiro atoms. The number of tetrazole rings is 2. The lowest BCUT2D eigenvalue weighted by Gasteiger charge is -2.15. The average Bonchev–Trinajstić information content (AvgIpc) is 4.12. The van der Waals surface area contributed by atoms with Gasteiger partial charge in [-0.2, -0.15) is 5.21 Å². The smallest absolute Gasteiger partial charge is 0.205 e. The summed E-state index contributed by atoms with van der Waals surface area (Å²) in [5.41, 5.74) is 18.6. The number of aryl methyl sites for hydroxylation is 2. The Kier molecular flexibility index (Phi) is 13.4. The number of aromatic nitrogens is 12. The quantitative estimate of drug-likeness (QED) is 0.0473. The fourth-order valence-electron chi connectivity index (χ4n) is 7.75. The van der Waals surface area contributed by atoms with E-state index in [1.165, 1.54) is 0 Å². The number of rotatable bonds is 19. The highest BCUT2D eigenvalue weighted by atomic mass is 35.5. The minimum atomic E-state index is 0.313. The second kappa shape index (κ2) is 19.8. The number of halogens is 2. The van der Waals surface area contributed by atoms with Crippen molar-refractivity contribution in [2.75, 3.05) is 6.54 Å². The van der Waals surface area contributed by atoms with E-state index in [2.05, 4.69) is 135 Å². The van der Waals surface area contributed by atoms with Crippen LogP contribution in [0.1, 0.15) is 73.7 Å². The van der Waals surface area contributed by atoms with Gasteiger partial charge in [0, 0.05) is 48.5 Å². The number of nitrogens with zero attached hydrogens (tertiary/aromatic N) is 14. The van der Waals surface area contributed by atoms with Crippen molar-refractivity contribution in [3.05, 3.63) is 152 Å². The second-order valence-electron chi connectivity index (χ2n) is 15.0. The van der Waals surface area contributed by atoms with E-state index in [4.69, 9.17) is 33.7 Å². The zero-order chi connectivity index (χ0) is 42.8. The zero-order valence-corrected chi connectivity index (χ0v) is 36.0. The van der Waals surface area contributed by atoms with E-state index in [0.717, 1.165) is 106 Å². The molecule has 4 heterocycles. The number of unbranched alkanes of at least 4 members (excludes halogenated alkanes) is 2. The molecule has 0 atom stereocenters. The Hall–Kier alpha value is -6.67. The minimum absolute atomic E-state index is 0.313. The molecule has 17 heteroatoms. The summed E-state index contributed by atoms with van der Waals surface area (Å²) in [6.07, 6.45) is 6.18. The standard InChI is InChI=1S/C45H45Cl2N15/c1-3-5-15-40-50-42(46)38(25-26-49-55-48)60(40)27-30-19-23-33(24-20-30)35-12-8-10-14-37(35)45-54-58-59-62(45)29-39-43(47)51-41(16-6-4-2)61(39)28-31-17-21-32(22-18-31)34-11-7-9-13-36(34)44-52-56-57-53-44/h7-14,17-24H,3-6,15-16,25-29H2,1-2H3,(H,52,53,56,57). The third kappa shape index (κ3) is 9.30. The van der Waals surface area contributed by atoms with E-state index < -0.39 is 0 Å². The second-order valence-corrected chi connectivity index (χ2v) is 15.7. The minimum Gasteiger partial charge on any atom is -0.326 e. The molecular formula is C45H45Cl2N15. The number of aromatic amines is 1. The van der Waals surface area contributed by atoms with Crippen LogP contribution in [0.25, 0.3) is 55.5 Å². The van der Waals surface area contributed by atoms with Crippen LogP contribution in [0, 0.1) is 0 Å². The van der Waals surface area contributed by atoms with Crippen LogP contribution in [-0.4, -0.2) is 66.5 Å². The van der Waals surface area contributed by atoms with Crippen molar-refractivity contribution in [1.82, 2.24) is 59.9 Å². The van der Waals surface area contributed by atoms with Crippen LogP contribution in [0.15, 0.2) is 102 Å². The van der Waals surface area contributed by atoms with Gasteiger partial charge in [0.1, 0.15) is 11.6 Å². The first-order valence-corrected chi connectivity index (χ1v) is 21.6. The van der Waals surface area contributed by atoms with Gasteiger partial charge >= 0.3 is 0 Å². The van der Waals surface area contributed by atoms with Gasteiger partial charge < -0.3 is 9.13 Å². The van der Waals surface area contributed by atoms with E-state index in [1.807, 2.05) is 36.4 Å². The van der Waals surface area contributed by atoms with E-state index in [1.54, 1.807) is 4.68 Å². The summed E-state index contributed by atoms with van der Waals surface area (Å²) in [6.45, 7) is 6.13. The molecule has 8 rings (SSSR count). The molecule has 62 heavy (non-hydrogen) atoms. The molecule has 0 aliphatic rings. The Morgan fingerprint density at radius 2 is 1.19 bits per heavy atom. The summed E-state index contributed by atoms with van der Waals surface area (Å²) in [5.74, 6) is 3.02. The van der Waals surface area contributed by atoms with Crippen LogP contribution in [-0.2, 0) is 38.9 Å². The molecule has 4 aromatic carbocycles. The molecular weight excluding hydrogens is 822 g/mol. The van der Waals surface area contributed by atoms with Gasteiger partial charge in [0.15, 0.2) is 16.1 Å². The molecule has 0 saturated heterocycles. The first-order valence-electron chi connectivity index (χ1n) is 20.8. The molecule has 8 aromatic rings. The first-order chi connectivity index (χ1) is 30.4. The predicted octanol–water partition coefficient (Wildman–Crippen LogP) is 10.2. The van der Waals surface area contributed by atoms with Gasteiger partial charge in [-0.25, -0.2) is 14.6 Å². The lowest BCUT2D eigenvalue weighted by Crippen LogP contribution is -2.14. The van der Waals surface area contributed by atoms with Crippen molar-refractivity contribution in [3.63, 3.8) is 0 Å². The lowest BCUT2D eigenvalue weighted by molar-refractivity contribution is 0.595. The van der Waals surface area contributed by atoms with Crippen molar-refractivity contribution < 1.29 is 0 Å². The van der Waals surface area contributed by atoms with Crippen molar-refractivity contribution in [3.8, 4) is 45.0 Å². The van der Waals surface area contributed by atoms with Crippen LogP contribution >= 0.6 is 23.2 Å². The summed E-state index contributed by atoms with van der Waals surface area (Å²) >= 11 is 13.6. The monoisotopic (exact) mass is 865 g/mol. The zero-order valence-electron chi connectivity index (χ0n) is 34.5. The maximum absolute atomic E-state index is 8.86. The molecule has 0 bridgehead atoms. The average molecular weight is 867 g/mol. The largest absolute Gasteiger partial charge is 0.326 e. The van der Waals surface area contributed by atoms with Crippen molar-refractivity contribution in [2.45, 2.75) is 78.4 Å². The highest BCUT2D eigenvalue weighted by molar-refractivity contribution is 6.30. The molecule has 0 fully saturated rings. The molecule has 0 radical (unpaired) electrons. The molecule has 4 aromatic heterocycles. The Labute approximate surface area is 368 Å². The normalized spacial score (nSPS) is 11.3. The third-order valence-electron chi connectivity index (χ3n) is 10.9. The van der Waals surface area contributed by atoms with Crippen molar-refractivity contribution in [2.24, 2.45) is 5.11 Å². The molecule has 0 saturated carbocycles. The van der Waals surface area contributed by atoms with Crippen LogP contribution in [0.5, 0.6) is 0 Å². The number of benzene rings is 4. The maximum atomic E-state index is 8.86. The van der Waals surface area contributed by atoms with Crippen LogP contribution in [0.3, 0.4) is 0 Å². The van der Waals surface area contributed by atoms with Gasteiger partial charge in [0.25, 0.3) is 0 Å². The van der Waals surface area contributed by atoms with Gasteiger partial charge in [-0.3, -0.25) is 0 Å². The Morgan fingerprint density at radius 3 is 1.76 bits per heavy atom. The molecule has 0 aliphatic carbocycles. The van der Waals surface area contributed by atoms with Gasteiger partial charge in [-0.05, 0) is 73.8 Å². The van der Waals surface area contributed by atoms with Crippen LogP contribution in [0.2, 0.25) is 10.3 Å². The van der Waals surface area contributed by atoms with Crippen molar-refractivity contribution >= 4 is 23.2 Å². The Bertz CT molecular complexity index is 2780.